The summed E-state index contributed by atoms with van der Waals surface area (Å²) in [5.41, 5.74) is 6.74. The molecule has 40 heavy (non-hydrogen) atoms. The number of hydrogen-bond acceptors (Lipinski definition) is 6. The van der Waals surface area contributed by atoms with Gasteiger partial charge in [-0.25, -0.2) is 4.39 Å². The van der Waals surface area contributed by atoms with E-state index < -0.39 is 0 Å². The molecule has 2 heterocycles. The third-order valence-electron chi connectivity index (χ3n) is 7.66. The number of ether oxygens (including phenoxy) is 2. The number of anilines is 1. The quantitative estimate of drug-likeness (QED) is 0.212. The number of esters is 1. The second-order valence-electron chi connectivity index (χ2n) is 10.4. The van der Waals surface area contributed by atoms with Gasteiger partial charge in [-0.3, -0.25) is 4.79 Å². The maximum Gasteiger partial charge on any atom is 0.307 e. The largest absolute Gasteiger partial charge is 0.497 e. The lowest BCUT2D eigenvalue weighted by atomic mass is 9.95. The fourth-order valence-electron chi connectivity index (χ4n) is 5.56. The smallest absolute Gasteiger partial charge is 0.307 e. The van der Waals surface area contributed by atoms with Crippen molar-refractivity contribution in [2.24, 2.45) is 0 Å². The molecular weight excluding hydrogens is 507 g/mol. The van der Waals surface area contributed by atoms with Crippen molar-refractivity contribution >= 4 is 11.7 Å². The number of benzene rings is 3. The van der Waals surface area contributed by atoms with Crippen molar-refractivity contribution in [2.45, 2.75) is 52.0 Å². The zero-order chi connectivity index (χ0) is 28.2. The van der Waals surface area contributed by atoms with Crippen LogP contribution in [0.5, 0.6) is 5.75 Å². The van der Waals surface area contributed by atoms with E-state index in [9.17, 15) is 9.18 Å². The van der Waals surface area contributed by atoms with E-state index in [1.54, 1.807) is 19.2 Å². The molecule has 0 saturated carbocycles. The summed E-state index contributed by atoms with van der Waals surface area (Å²) in [5, 5.41) is 4.06. The predicted molar refractivity (Wildman–Crippen MR) is 153 cm³/mol. The molecule has 4 aromatic rings. The number of aryl methyl sites for hydroxylation is 2. The van der Waals surface area contributed by atoms with Crippen LogP contribution in [-0.4, -0.2) is 37.4 Å². The third-order valence-corrected chi connectivity index (χ3v) is 7.66. The lowest BCUT2D eigenvalue weighted by molar-refractivity contribution is -0.143. The molecule has 3 aromatic carbocycles. The lowest BCUT2D eigenvalue weighted by Crippen LogP contribution is -2.31. The molecule has 0 N–H and O–H groups in total. The van der Waals surface area contributed by atoms with Gasteiger partial charge in [-0.15, -0.1) is 0 Å². The normalized spacial score (nSPS) is 16.8. The maximum absolute atomic E-state index is 14.5. The molecule has 0 radical (unpaired) electrons. The highest BCUT2D eigenvalue weighted by molar-refractivity contribution is 5.71. The Kier molecular flexibility index (Phi) is 8.19. The van der Waals surface area contributed by atoms with Crippen LogP contribution in [-0.2, 0) is 16.0 Å². The molecule has 208 valence electrons. The molecule has 2 unspecified atom stereocenters. The van der Waals surface area contributed by atoms with Gasteiger partial charge < -0.3 is 18.9 Å². The van der Waals surface area contributed by atoms with Crippen LogP contribution in [0.25, 0.3) is 11.1 Å². The molecule has 2 atom stereocenters. The first-order valence-corrected chi connectivity index (χ1v) is 13.7. The van der Waals surface area contributed by atoms with Crippen LogP contribution in [0.3, 0.4) is 0 Å². The maximum atomic E-state index is 14.5. The average molecular weight is 543 g/mol. The van der Waals surface area contributed by atoms with Crippen molar-refractivity contribution < 1.29 is 23.2 Å². The van der Waals surface area contributed by atoms with Crippen molar-refractivity contribution in [1.29, 1.82) is 0 Å². The number of halogens is 1. The Bertz CT molecular complexity index is 1480. The van der Waals surface area contributed by atoms with Gasteiger partial charge in [0.05, 0.1) is 25.8 Å². The van der Waals surface area contributed by atoms with Crippen LogP contribution >= 0.6 is 0 Å². The number of carbonyl (C=O) groups excluding carboxylic acids is 1. The van der Waals surface area contributed by atoms with E-state index in [4.69, 9.17) is 14.0 Å². The van der Waals surface area contributed by atoms with E-state index >= 15 is 0 Å². The van der Waals surface area contributed by atoms with Crippen molar-refractivity contribution in [2.75, 3.05) is 25.2 Å². The molecular formula is C33H35FN2O4. The molecule has 0 amide bonds. The van der Waals surface area contributed by atoms with Gasteiger partial charge in [0.15, 0.2) is 0 Å². The predicted octanol–water partition coefficient (Wildman–Crippen LogP) is 7.01. The number of methoxy groups -OCH3 is 1. The molecule has 1 aliphatic heterocycles. The van der Waals surface area contributed by atoms with Crippen LogP contribution in [0.2, 0.25) is 0 Å². The van der Waals surface area contributed by atoms with Gasteiger partial charge in [-0.05, 0) is 86.2 Å². The minimum Gasteiger partial charge on any atom is -0.497 e. The van der Waals surface area contributed by atoms with Gasteiger partial charge in [0.2, 0.25) is 0 Å². The van der Waals surface area contributed by atoms with E-state index in [0.717, 1.165) is 47.7 Å². The molecule has 0 bridgehead atoms. The zero-order valence-corrected chi connectivity index (χ0v) is 23.4. The first-order chi connectivity index (χ1) is 19.3. The van der Waals surface area contributed by atoms with Gasteiger partial charge in [0, 0.05) is 35.8 Å². The summed E-state index contributed by atoms with van der Waals surface area (Å²) in [6.07, 6.45) is 1.90. The number of carbonyl (C=O) groups is 1. The van der Waals surface area contributed by atoms with Gasteiger partial charge in [0.25, 0.3) is 0 Å². The molecule has 1 aliphatic rings. The second-order valence-corrected chi connectivity index (χ2v) is 10.4. The molecule has 5 rings (SSSR count). The van der Waals surface area contributed by atoms with Crippen LogP contribution < -0.4 is 9.64 Å². The SMILES string of the molecule is CCOC(=O)CC1CC(c2cc(C)no2)CN1c1ccc(Cc2ccc(-c3cc(OC)ccc3F)cc2C)cc1. The van der Waals surface area contributed by atoms with E-state index in [1.807, 2.05) is 32.0 Å². The van der Waals surface area contributed by atoms with Crippen LogP contribution in [0.1, 0.15) is 53.8 Å². The fraction of sp³-hybridized carbons (Fsp3) is 0.333. The van der Waals surface area contributed by atoms with Crippen molar-refractivity contribution in [1.82, 2.24) is 5.16 Å². The molecule has 1 saturated heterocycles. The first-order valence-electron chi connectivity index (χ1n) is 13.7. The number of aromatic nitrogens is 1. The summed E-state index contributed by atoms with van der Waals surface area (Å²) >= 11 is 0. The van der Waals surface area contributed by atoms with E-state index in [-0.39, 0.29) is 23.7 Å². The van der Waals surface area contributed by atoms with Crippen LogP contribution in [0.15, 0.2) is 71.3 Å². The average Bonchev–Trinajstić information content (AvgIpc) is 3.57. The Morgan fingerprint density at radius 2 is 1.88 bits per heavy atom. The first kappa shape index (κ1) is 27.4. The highest BCUT2D eigenvalue weighted by atomic mass is 19.1. The standard InChI is InChI=1S/C33H35FN2O4/c1-5-39-33(37)18-28-17-26(32-15-22(3)35-40-32)20-36(28)27-10-6-23(7-11-27)16-24-8-9-25(14-21(24)2)30-19-29(38-4)12-13-31(30)34/h6-15,19,26,28H,5,16-18,20H2,1-4H3. The summed E-state index contributed by atoms with van der Waals surface area (Å²) in [6.45, 7) is 6.93. The minimum atomic E-state index is -0.271. The summed E-state index contributed by atoms with van der Waals surface area (Å²) < 4.78 is 30.6. The Balaban J connectivity index is 1.32. The van der Waals surface area contributed by atoms with E-state index in [0.29, 0.717) is 24.3 Å². The van der Waals surface area contributed by atoms with E-state index in [1.165, 1.54) is 17.2 Å². The monoisotopic (exact) mass is 542 g/mol. The van der Waals surface area contributed by atoms with Gasteiger partial charge in [-0.2, -0.15) is 0 Å². The minimum absolute atomic E-state index is 0.0205. The third kappa shape index (κ3) is 6.03. The molecule has 6 nitrogen and oxygen atoms in total. The fourth-order valence-corrected chi connectivity index (χ4v) is 5.56. The Morgan fingerprint density at radius 3 is 2.55 bits per heavy atom. The van der Waals surface area contributed by atoms with Crippen LogP contribution in [0.4, 0.5) is 10.1 Å². The van der Waals surface area contributed by atoms with Gasteiger partial charge in [-0.1, -0.05) is 35.5 Å². The summed E-state index contributed by atoms with van der Waals surface area (Å²) in [7, 11) is 1.58. The van der Waals surface area contributed by atoms with Crippen molar-refractivity contribution in [3.8, 4) is 16.9 Å². The number of hydrogen-bond donors (Lipinski definition) is 0. The van der Waals surface area contributed by atoms with Crippen LogP contribution in [0, 0.1) is 19.7 Å². The highest BCUT2D eigenvalue weighted by Gasteiger charge is 2.36. The number of nitrogens with zero attached hydrogens (tertiary/aromatic N) is 2. The summed E-state index contributed by atoms with van der Waals surface area (Å²) in [4.78, 5) is 14.6. The topological polar surface area (TPSA) is 64.8 Å². The number of rotatable bonds is 9. The molecule has 0 aliphatic carbocycles. The van der Waals surface area contributed by atoms with Gasteiger partial charge in [0.1, 0.15) is 17.3 Å². The molecule has 0 spiro atoms. The summed E-state index contributed by atoms with van der Waals surface area (Å²) in [5.74, 6) is 1.20. The van der Waals surface area contributed by atoms with Crippen molar-refractivity contribution in [3.05, 3.63) is 101 Å². The Morgan fingerprint density at radius 1 is 1.07 bits per heavy atom. The van der Waals surface area contributed by atoms with Crippen molar-refractivity contribution in [3.63, 3.8) is 0 Å². The molecule has 1 aromatic heterocycles. The zero-order valence-electron chi connectivity index (χ0n) is 23.4. The lowest BCUT2D eigenvalue weighted by Gasteiger charge is -2.26. The molecule has 7 heteroatoms. The van der Waals surface area contributed by atoms with E-state index in [2.05, 4.69) is 47.3 Å². The highest BCUT2D eigenvalue weighted by Crippen LogP contribution is 2.37. The Hall–Kier alpha value is -4.13. The Labute approximate surface area is 234 Å². The van der Waals surface area contributed by atoms with Gasteiger partial charge >= 0.3 is 5.97 Å². The summed E-state index contributed by atoms with van der Waals surface area (Å²) in [6, 6.07) is 21.4. The molecule has 1 fully saturated rings. The second kappa shape index (κ2) is 11.9.